The molecule has 0 aliphatic carbocycles. The lowest BCUT2D eigenvalue weighted by atomic mass is 10.2. The van der Waals surface area contributed by atoms with Gasteiger partial charge in [-0.15, -0.1) is 11.3 Å². The maximum absolute atomic E-state index is 12.8. The zero-order chi connectivity index (χ0) is 19.3. The molecule has 144 valence electrons. The number of hydrogen-bond donors (Lipinski definition) is 0. The number of hydrogen-bond acceptors (Lipinski definition) is 6. The Balaban J connectivity index is 1.36. The summed E-state index contributed by atoms with van der Waals surface area (Å²) >= 11 is 1.49. The minimum Gasteiger partial charge on any atom is -0.497 e. The molecule has 1 aliphatic heterocycles. The molecule has 3 heterocycles. The van der Waals surface area contributed by atoms with Crippen LogP contribution in [-0.4, -0.2) is 59.0 Å². The Morgan fingerprint density at radius 2 is 1.79 bits per heavy atom. The summed E-state index contributed by atoms with van der Waals surface area (Å²) in [6, 6.07) is 11.8. The molecule has 0 spiro atoms. The van der Waals surface area contributed by atoms with Gasteiger partial charge in [0.15, 0.2) is 0 Å². The summed E-state index contributed by atoms with van der Waals surface area (Å²) in [5, 5.41) is 2.70. The van der Waals surface area contributed by atoms with Crippen molar-refractivity contribution >= 4 is 17.2 Å². The fraction of sp³-hybridized carbons (Fsp3) is 0.286. The van der Waals surface area contributed by atoms with Crippen LogP contribution in [-0.2, 0) is 6.54 Å². The van der Waals surface area contributed by atoms with Gasteiger partial charge in [-0.3, -0.25) is 14.7 Å². The first-order valence-corrected chi connectivity index (χ1v) is 10.1. The molecule has 2 aromatic heterocycles. The number of carbonyl (C=O) groups is 1. The number of benzene rings is 1. The molecule has 1 aliphatic rings. The Morgan fingerprint density at radius 1 is 1.07 bits per heavy atom. The van der Waals surface area contributed by atoms with Crippen LogP contribution in [0.2, 0.25) is 0 Å². The second-order valence-corrected chi connectivity index (χ2v) is 7.55. The zero-order valence-electron chi connectivity index (χ0n) is 15.7. The first kappa shape index (κ1) is 18.6. The van der Waals surface area contributed by atoms with Gasteiger partial charge in [0.25, 0.3) is 5.91 Å². The molecule has 0 unspecified atom stereocenters. The minimum absolute atomic E-state index is 0.0135. The summed E-state index contributed by atoms with van der Waals surface area (Å²) in [7, 11) is 1.64. The van der Waals surface area contributed by atoms with Crippen molar-refractivity contribution < 1.29 is 9.53 Å². The summed E-state index contributed by atoms with van der Waals surface area (Å²) in [6.07, 6.45) is 3.63. The molecule has 28 heavy (non-hydrogen) atoms. The van der Waals surface area contributed by atoms with E-state index < -0.39 is 0 Å². The van der Waals surface area contributed by atoms with Crippen molar-refractivity contribution in [2.24, 2.45) is 0 Å². The molecule has 4 rings (SSSR count). The highest BCUT2D eigenvalue weighted by atomic mass is 32.1. The molecular weight excluding hydrogens is 372 g/mol. The number of aromatic nitrogens is 2. The fourth-order valence-corrected chi connectivity index (χ4v) is 4.06. The number of methoxy groups -OCH3 is 1. The lowest BCUT2D eigenvalue weighted by molar-refractivity contribution is 0.0623. The van der Waals surface area contributed by atoms with E-state index in [1.165, 1.54) is 16.9 Å². The summed E-state index contributed by atoms with van der Waals surface area (Å²) in [5.74, 6) is 0.820. The molecule has 7 heteroatoms. The van der Waals surface area contributed by atoms with Crippen LogP contribution in [0.1, 0.15) is 16.1 Å². The van der Waals surface area contributed by atoms with Gasteiger partial charge in [-0.05, 0) is 42.0 Å². The van der Waals surface area contributed by atoms with Gasteiger partial charge in [0.1, 0.15) is 16.5 Å². The molecule has 1 fully saturated rings. The molecule has 0 bridgehead atoms. The maximum atomic E-state index is 12.8. The minimum atomic E-state index is 0.0135. The van der Waals surface area contributed by atoms with Gasteiger partial charge in [0, 0.05) is 56.1 Å². The second-order valence-electron chi connectivity index (χ2n) is 6.69. The fourth-order valence-electron chi connectivity index (χ4n) is 3.26. The molecule has 1 aromatic carbocycles. The molecular formula is C21H22N4O2S. The van der Waals surface area contributed by atoms with Gasteiger partial charge in [-0.2, -0.15) is 0 Å². The molecule has 0 N–H and O–H groups in total. The van der Waals surface area contributed by atoms with Crippen LogP contribution in [0.15, 0.2) is 54.2 Å². The number of carbonyl (C=O) groups excluding carboxylic acids is 1. The van der Waals surface area contributed by atoms with E-state index in [9.17, 15) is 4.79 Å². The van der Waals surface area contributed by atoms with Crippen molar-refractivity contribution in [3.05, 3.63) is 65.4 Å². The lowest BCUT2D eigenvalue weighted by Gasteiger charge is -2.34. The van der Waals surface area contributed by atoms with E-state index in [0.717, 1.165) is 49.0 Å². The maximum Gasteiger partial charge on any atom is 0.273 e. The van der Waals surface area contributed by atoms with Crippen LogP contribution in [0.5, 0.6) is 5.75 Å². The SMILES string of the molecule is COc1ccc(-c2nc(C(=O)N3CCN(Cc4ccncc4)CC3)cs2)cc1. The third kappa shape index (κ3) is 4.21. The van der Waals surface area contributed by atoms with E-state index in [2.05, 4.69) is 14.9 Å². The van der Waals surface area contributed by atoms with Crippen LogP contribution in [0.4, 0.5) is 0 Å². The first-order chi connectivity index (χ1) is 13.7. The first-order valence-electron chi connectivity index (χ1n) is 9.23. The topological polar surface area (TPSA) is 58.6 Å². The molecule has 6 nitrogen and oxygen atoms in total. The smallest absolute Gasteiger partial charge is 0.273 e. The highest BCUT2D eigenvalue weighted by Gasteiger charge is 2.24. The summed E-state index contributed by atoms with van der Waals surface area (Å²) in [6.45, 7) is 4.06. The highest BCUT2D eigenvalue weighted by molar-refractivity contribution is 7.13. The average molecular weight is 395 g/mol. The third-order valence-corrected chi connectivity index (χ3v) is 5.77. The number of pyridine rings is 1. The molecule has 3 aromatic rings. The monoisotopic (exact) mass is 394 g/mol. The van der Waals surface area contributed by atoms with Crippen LogP contribution < -0.4 is 4.74 Å². The normalized spacial score (nSPS) is 14.8. The largest absolute Gasteiger partial charge is 0.497 e. The molecule has 0 saturated carbocycles. The van der Waals surface area contributed by atoms with Gasteiger partial charge in [0.2, 0.25) is 0 Å². The molecule has 1 saturated heterocycles. The van der Waals surface area contributed by atoms with Gasteiger partial charge in [-0.25, -0.2) is 4.98 Å². The van der Waals surface area contributed by atoms with Crippen molar-refractivity contribution in [3.63, 3.8) is 0 Å². The van der Waals surface area contributed by atoms with Crippen LogP contribution >= 0.6 is 11.3 Å². The zero-order valence-corrected chi connectivity index (χ0v) is 16.6. The number of ether oxygens (including phenoxy) is 1. The van der Waals surface area contributed by atoms with Crippen LogP contribution in [0.3, 0.4) is 0 Å². The van der Waals surface area contributed by atoms with Crippen molar-refractivity contribution in [1.82, 2.24) is 19.8 Å². The Hall–Kier alpha value is -2.77. The van der Waals surface area contributed by atoms with E-state index >= 15 is 0 Å². The van der Waals surface area contributed by atoms with Gasteiger partial charge < -0.3 is 9.64 Å². The van der Waals surface area contributed by atoms with E-state index in [1.807, 2.05) is 59.1 Å². The molecule has 1 amide bonds. The Morgan fingerprint density at radius 3 is 2.46 bits per heavy atom. The Bertz CT molecular complexity index is 919. The van der Waals surface area contributed by atoms with Crippen molar-refractivity contribution in [2.75, 3.05) is 33.3 Å². The molecule has 0 atom stereocenters. The van der Waals surface area contributed by atoms with Gasteiger partial charge in [-0.1, -0.05) is 0 Å². The van der Waals surface area contributed by atoms with Gasteiger partial charge >= 0.3 is 0 Å². The number of nitrogens with zero attached hydrogens (tertiary/aromatic N) is 4. The lowest BCUT2D eigenvalue weighted by Crippen LogP contribution is -2.48. The Labute approximate surface area is 168 Å². The number of piperazine rings is 1. The van der Waals surface area contributed by atoms with E-state index in [4.69, 9.17) is 4.74 Å². The quantitative estimate of drug-likeness (QED) is 0.665. The highest BCUT2D eigenvalue weighted by Crippen LogP contribution is 2.26. The number of rotatable bonds is 5. The third-order valence-electron chi connectivity index (χ3n) is 4.88. The van der Waals surface area contributed by atoms with Crippen molar-refractivity contribution in [1.29, 1.82) is 0 Å². The van der Waals surface area contributed by atoms with E-state index in [-0.39, 0.29) is 5.91 Å². The van der Waals surface area contributed by atoms with Crippen LogP contribution in [0.25, 0.3) is 10.6 Å². The van der Waals surface area contributed by atoms with E-state index in [1.54, 1.807) is 7.11 Å². The Kier molecular flexibility index (Phi) is 5.64. The van der Waals surface area contributed by atoms with Crippen LogP contribution in [0, 0.1) is 0 Å². The standard InChI is InChI=1S/C21H22N4O2S/c1-27-18-4-2-17(3-5-18)20-23-19(15-28-20)21(26)25-12-10-24(11-13-25)14-16-6-8-22-9-7-16/h2-9,15H,10-14H2,1H3. The van der Waals surface area contributed by atoms with Crippen molar-refractivity contribution in [2.45, 2.75) is 6.54 Å². The summed E-state index contributed by atoms with van der Waals surface area (Å²) in [5.41, 5.74) is 2.77. The second kappa shape index (κ2) is 8.50. The summed E-state index contributed by atoms with van der Waals surface area (Å²) < 4.78 is 5.19. The predicted octanol–water partition coefficient (Wildman–Crippen LogP) is 3.17. The van der Waals surface area contributed by atoms with Gasteiger partial charge in [0.05, 0.1) is 7.11 Å². The summed E-state index contributed by atoms with van der Waals surface area (Å²) in [4.78, 5) is 25.7. The average Bonchev–Trinajstić information content (AvgIpc) is 3.25. The predicted molar refractivity (Wildman–Crippen MR) is 110 cm³/mol. The molecule has 0 radical (unpaired) electrons. The van der Waals surface area contributed by atoms with Crippen molar-refractivity contribution in [3.8, 4) is 16.3 Å². The number of amides is 1. The van der Waals surface area contributed by atoms with E-state index in [0.29, 0.717) is 5.69 Å². The number of thiazole rings is 1.